The van der Waals surface area contributed by atoms with Gasteiger partial charge in [0.2, 0.25) is 5.91 Å². The summed E-state index contributed by atoms with van der Waals surface area (Å²) in [6.45, 7) is 0.184. The van der Waals surface area contributed by atoms with Gasteiger partial charge in [0.1, 0.15) is 23.3 Å². The Morgan fingerprint density at radius 1 is 0.821 bits per heavy atom. The van der Waals surface area contributed by atoms with Crippen LogP contribution in [0.5, 0.6) is 17.2 Å². The molecule has 1 atom stereocenters. The molecule has 1 aromatic heterocycles. The third-order valence-electron chi connectivity index (χ3n) is 6.25. The topological polar surface area (TPSA) is 90.0 Å². The van der Waals surface area contributed by atoms with Crippen molar-refractivity contribution in [3.63, 3.8) is 0 Å². The predicted molar refractivity (Wildman–Crippen MR) is 149 cm³/mol. The van der Waals surface area contributed by atoms with Crippen LogP contribution in [0.3, 0.4) is 0 Å². The van der Waals surface area contributed by atoms with Gasteiger partial charge < -0.3 is 24.4 Å². The molecule has 4 rings (SSSR count). The summed E-state index contributed by atoms with van der Waals surface area (Å²) in [6, 6.07) is 24.4. The normalized spacial score (nSPS) is 11.3. The molecule has 0 spiro atoms. The summed E-state index contributed by atoms with van der Waals surface area (Å²) < 4.78 is 16.1. The smallest absolute Gasteiger partial charge is 0.251 e. The van der Waals surface area contributed by atoms with E-state index in [2.05, 4.69) is 10.3 Å². The minimum atomic E-state index is -0.959. The fourth-order valence-electron chi connectivity index (χ4n) is 4.25. The van der Waals surface area contributed by atoms with Gasteiger partial charge in [-0.05, 0) is 47.0 Å². The Labute approximate surface area is 228 Å². The number of methoxy groups -OCH3 is 3. The molecule has 0 unspecified atom stereocenters. The fraction of sp³-hybridized carbons (Fsp3) is 0.194. The van der Waals surface area contributed by atoms with E-state index in [9.17, 15) is 9.59 Å². The van der Waals surface area contributed by atoms with Crippen LogP contribution in [0.4, 0.5) is 5.69 Å². The predicted octanol–water partition coefficient (Wildman–Crippen LogP) is 5.06. The standard InChI is InChI=1S/C31H31N3O5/c1-37-25-13-11-24(12-14-25)30(31(36)33-27-16-15-26(38-2)19-28(27)39-3)34(21-23-10-7-17-32-20-23)29(35)18-22-8-5-4-6-9-22/h4-17,19-20,30H,18,21H2,1-3H3,(H,33,36)/t30-/m1/s1. The highest BCUT2D eigenvalue weighted by Gasteiger charge is 2.32. The summed E-state index contributed by atoms with van der Waals surface area (Å²) >= 11 is 0. The Morgan fingerprint density at radius 3 is 2.15 bits per heavy atom. The first kappa shape index (κ1) is 27.2. The molecular weight excluding hydrogens is 494 g/mol. The molecule has 0 aliphatic carbocycles. The lowest BCUT2D eigenvalue weighted by Crippen LogP contribution is -2.41. The van der Waals surface area contributed by atoms with Gasteiger partial charge in [-0.2, -0.15) is 0 Å². The Bertz CT molecular complexity index is 1380. The molecule has 0 aliphatic heterocycles. The lowest BCUT2D eigenvalue weighted by molar-refractivity contribution is -0.139. The molecule has 0 radical (unpaired) electrons. The monoisotopic (exact) mass is 525 g/mol. The molecule has 1 heterocycles. The van der Waals surface area contributed by atoms with E-state index in [1.54, 1.807) is 80.0 Å². The first-order chi connectivity index (χ1) is 19.0. The van der Waals surface area contributed by atoms with Crippen molar-refractivity contribution in [3.05, 3.63) is 114 Å². The highest BCUT2D eigenvalue weighted by molar-refractivity contribution is 5.99. The summed E-state index contributed by atoms with van der Waals surface area (Å²) in [7, 11) is 4.65. The second kappa shape index (κ2) is 13.1. The minimum Gasteiger partial charge on any atom is -0.497 e. The maximum absolute atomic E-state index is 14.0. The van der Waals surface area contributed by atoms with Crippen LogP contribution in [0.1, 0.15) is 22.7 Å². The van der Waals surface area contributed by atoms with Crippen LogP contribution in [0.15, 0.2) is 97.3 Å². The number of rotatable bonds is 11. The molecule has 39 heavy (non-hydrogen) atoms. The first-order valence-corrected chi connectivity index (χ1v) is 12.4. The van der Waals surface area contributed by atoms with Crippen molar-refractivity contribution in [1.29, 1.82) is 0 Å². The maximum atomic E-state index is 14.0. The summed E-state index contributed by atoms with van der Waals surface area (Å²) in [5.74, 6) is 1.07. The zero-order chi connectivity index (χ0) is 27.6. The Morgan fingerprint density at radius 2 is 1.51 bits per heavy atom. The summed E-state index contributed by atoms with van der Waals surface area (Å²) in [5.41, 5.74) is 2.74. The number of aromatic nitrogens is 1. The van der Waals surface area contributed by atoms with E-state index in [0.29, 0.717) is 28.5 Å². The number of nitrogens with zero attached hydrogens (tertiary/aromatic N) is 2. The number of carbonyl (C=O) groups excluding carboxylic acids is 2. The molecule has 0 bridgehead atoms. The van der Waals surface area contributed by atoms with E-state index in [1.165, 1.54) is 7.11 Å². The molecule has 0 saturated carbocycles. The van der Waals surface area contributed by atoms with Gasteiger partial charge in [-0.3, -0.25) is 14.6 Å². The zero-order valence-electron chi connectivity index (χ0n) is 22.2. The Balaban J connectivity index is 1.75. The van der Waals surface area contributed by atoms with Crippen LogP contribution >= 0.6 is 0 Å². The average molecular weight is 526 g/mol. The number of ether oxygens (including phenoxy) is 3. The number of carbonyl (C=O) groups is 2. The Hall–Kier alpha value is -4.85. The van der Waals surface area contributed by atoms with E-state index in [0.717, 1.165) is 11.1 Å². The fourth-order valence-corrected chi connectivity index (χ4v) is 4.25. The third-order valence-corrected chi connectivity index (χ3v) is 6.25. The third kappa shape index (κ3) is 6.93. The number of nitrogens with one attached hydrogen (secondary N) is 1. The molecule has 0 fully saturated rings. The molecule has 3 aromatic carbocycles. The van der Waals surface area contributed by atoms with Gasteiger partial charge in [0.05, 0.1) is 33.4 Å². The largest absolute Gasteiger partial charge is 0.497 e. The lowest BCUT2D eigenvalue weighted by Gasteiger charge is -2.32. The van der Waals surface area contributed by atoms with E-state index in [4.69, 9.17) is 14.2 Å². The summed E-state index contributed by atoms with van der Waals surface area (Å²) in [6.07, 6.45) is 3.49. The molecular formula is C31H31N3O5. The molecule has 0 aliphatic rings. The van der Waals surface area contributed by atoms with Gasteiger partial charge in [-0.25, -0.2) is 0 Å². The second-order valence-corrected chi connectivity index (χ2v) is 8.78. The number of amides is 2. The molecule has 0 saturated heterocycles. The summed E-state index contributed by atoms with van der Waals surface area (Å²) in [4.78, 5) is 33.7. The highest BCUT2D eigenvalue weighted by Crippen LogP contribution is 2.32. The van der Waals surface area contributed by atoms with Crippen molar-refractivity contribution in [2.45, 2.75) is 19.0 Å². The van der Waals surface area contributed by atoms with Gasteiger partial charge in [-0.1, -0.05) is 48.5 Å². The van der Waals surface area contributed by atoms with Crippen LogP contribution in [0, 0.1) is 0 Å². The van der Waals surface area contributed by atoms with Crippen molar-refractivity contribution < 1.29 is 23.8 Å². The minimum absolute atomic E-state index is 0.132. The van der Waals surface area contributed by atoms with Crippen molar-refractivity contribution in [1.82, 2.24) is 9.88 Å². The first-order valence-electron chi connectivity index (χ1n) is 12.4. The van der Waals surface area contributed by atoms with Gasteiger partial charge >= 0.3 is 0 Å². The van der Waals surface area contributed by atoms with Crippen molar-refractivity contribution in [3.8, 4) is 17.2 Å². The Kier molecular flexibility index (Phi) is 9.13. The van der Waals surface area contributed by atoms with Crippen LogP contribution in [-0.4, -0.2) is 43.0 Å². The number of benzene rings is 3. The zero-order valence-corrected chi connectivity index (χ0v) is 22.2. The van der Waals surface area contributed by atoms with Crippen molar-refractivity contribution >= 4 is 17.5 Å². The summed E-state index contributed by atoms with van der Waals surface area (Å²) in [5, 5.41) is 2.96. The van der Waals surface area contributed by atoms with Gasteiger partial charge in [-0.15, -0.1) is 0 Å². The lowest BCUT2D eigenvalue weighted by atomic mass is 10.0. The van der Waals surface area contributed by atoms with Gasteiger partial charge in [0.15, 0.2) is 0 Å². The molecule has 1 N–H and O–H groups in total. The number of anilines is 1. The van der Waals surface area contributed by atoms with Crippen LogP contribution < -0.4 is 19.5 Å². The maximum Gasteiger partial charge on any atom is 0.251 e. The number of hydrogen-bond acceptors (Lipinski definition) is 6. The van der Waals surface area contributed by atoms with Crippen LogP contribution in [0.2, 0.25) is 0 Å². The quantitative estimate of drug-likeness (QED) is 0.295. The number of pyridine rings is 1. The van der Waals surface area contributed by atoms with E-state index in [1.807, 2.05) is 36.4 Å². The molecule has 200 valence electrons. The SMILES string of the molecule is COc1ccc([C@H](C(=O)Nc2ccc(OC)cc2OC)N(Cc2cccnc2)C(=O)Cc2ccccc2)cc1. The van der Waals surface area contributed by atoms with Crippen LogP contribution in [0.25, 0.3) is 0 Å². The van der Waals surface area contributed by atoms with E-state index in [-0.39, 0.29) is 18.9 Å². The van der Waals surface area contributed by atoms with E-state index >= 15 is 0 Å². The van der Waals surface area contributed by atoms with Gasteiger partial charge in [0.25, 0.3) is 5.91 Å². The van der Waals surface area contributed by atoms with Crippen molar-refractivity contribution in [2.75, 3.05) is 26.6 Å². The average Bonchev–Trinajstić information content (AvgIpc) is 2.98. The van der Waals surface area contributed by atoms with Gasteiger partial charge in [0, 0.05) is 25.0 Å². The van der Waals surface area contributed by atoms with Crippen LogP contribution in [-0.2, 0) is 22.6 Å². The molecule has 2 amide bonds. The highest BCUT2D eigenvalue weighted by atomic mass is 16.5. The molecule has 4 aromatic rings. The van der Waals surface area contributed by atoms with Crippen molar-refractivity contribution in [2.24, 2.45) is 0 Å². The molecule has 8 heteroatoms. The second-order valence-electron chi connectivity index (χ2n) is 8.78. The number of hydrogen-bond donors (Lipinski definition) is 1. The van der Waals surface area contributed by atoms with E-state index < -0.39 is 11.9 Å². The molecule has 8 nitrogen and oxygen atoms in total.